The Morgan fingerprint density at radius 3 is 2.43 bits per heavy atom. The number of likely N-dealkylation sites (tertiary alicyclic amines) is 1. The summed E-state index contributed by atoms with van der Waals surface area (Å²) in [6.45, 7) is 14.4. The molecular formula is C24H42N4O2. The van der Waals surface area contributed by atoms with E-state index < -0.39 is 0 Å². The van der Waals surface area contributed by atoms with Crippen molar-refractivity contribution in [2.75, 3.05) is 53.6 Å². The Balaban J connectivity index is 1.80. The van der Waals surface area contributed by atoms with Crippen molar-refractivity contribution in [3.63, 3.8) is 0 Å². The largest absolute Gasteiger partial charge is 0.493 e. The van der Waals surface area contributed by atoms with Crippen LogP contribution >= 0.6 is 0 Å². The molecule has 1 aromatic carbocycles. The highest BCUT2D eigenvalue weighted by molar-refractivity contribution is 5.80. The van der Waals surface area contributed by atoms with Gasteiger partial charge in [0.05, 0.1) is 13.2 Å². The summed E-state index contributed by atoms with van der Waals surface area (Å²) < 4.78 is 11.0. The van der Waals surface area contributed by atoms with E-state index >= 15 is 0 Å². The van der Waals surface area contributed by atoms with Crippen LogP contribution in [-0.2, 0) is 10.2 Å². The number of benzene rings is 1. The predicted octanol–water partition coefficient (Wildman–Crippen LogP) is 3.27. The Morgan fingerprint density at radius 1 is 1.20 bits per heavy atom. The highest BCUT2D eigenvalue weighted by Gasteiger charge is 2.23. The van der Waals surface area contributed by atoms with Crippen molar-refractivity contribution in [3.05, 3.63) is 29.8 Å². The Bertz CT molecular complexity index is 635. The Hall–Kier alpha value is -1.79. The molecule has 0 aliphatic carbocycles. The quantitative estimate of drug-likeness (QED) is 0.451. The van der Waals surface area contributed by atoms with Gasteiger partial charge in [0.2, 0.25) is 0 Å². The third-order valence-corrected chi connectivity index (χ3v) is 5.68. The lowest BCUT2D eigenvalue weighted by molar-refractivity contribution is 0.128. The number of rotatable bonds is 10. The van der Waals surface area contributed by atoms with Crippen molar-refractivity contribution >= 4 is 5.96 Å². The van der Waals surface area contributed by atoms with E-state index in [-0.39, 0.29) is 5.41 Å². The zero-order valence-corrected chi connectivity index (χ0v) is 19.8. The summed E-state index contributed by atoms with van der Waals surface area (Å²) in [5.74, 6) is 2.35. The summed E-state index contributed by atoms with van der Waals surface area (Å²) in [7, 11) is 3.61. The number of methoxy groups -OCH3 is 1. The predicted molar refractivity (Wildman–Crippen MR) is 126 cm³/mol. The van der Waals surface area contributed by atoms with Crippen LogP contribution in [-0.4, -0.2) is 70.5 Å². The van der Waals surface area contributed by atoms with Gasteiger partial charge in [0, 0.05) is 51.8 Å². The third kappa shape index (κ3) is 8.15. The molecule has 1 saturated heterocycles. The fourth-order valence-electron chi connectivity index (χ4n) is 3.58. The van der Waals surface area contributed by atoms with Gasteiger partial charge in [-0.2, -0.15) is 0 Å². The lowest BCUT2D eigenvalue weighted by Gasteiger charge is -2.33. The second kappa shape index (κ2) is 12.2. The molecule has 170 valence electrons. The zero-order chi connectivity index (χ0) is 22.0. The van der Waals surface area contributed by atoms with Gasteiger partial charge in [-0.25, -0.2) is 0 Å². The molecule has 0 spiro atoms. The van der Waals surface area contributed by atoms with Gasteiger partial charge in [-0.1, -0.05) is 39.8 Å². The molecule has 6 nitrogen and oxygen atoms in total. The SMILES string of the molecule is CN=C(NCC(C)(C)c1ccc(OCC(C)C)cc1)NC1CCN(CCOC)CC1. The first-order chi connectivity index (χ1) is 14.3. The van der Waals surface area contributed by atoms with E-state index in [4.69, 9.17) is 9.47 Å². The minimum Gasteiger partial charge on any atom is -0.493 e. The van der Waals surface area contributed by atoms with Gasteiger partial charge in [0.15, 0.2) is 5.96 Å². The van der Waals surface area contributed by atoms with Crippen molar-refractivity contribution < 1.29 is 9.47 Å². The van der Waals surface area contributed by atoms with Crippen molar-refractivity contribution in [2.45, 2.75) is 52.0 Å². The van der Waals surface area contributed by atoms with Crippen LogP contribution in [0, 0.1) is 5.92 Å². The molecule has 0 radical (unpaired) electrons. The van der Waals surface area contributed by atoms with Crippen LogP contribution in [0.1, 0.15) is 46.1 Å². The van der Waals surface area contributed by atoms with Gasteiger partial charge in [-0.3, -0.25) is 4.99 Å². The molecule has 1 fully saturated rings. The summed E-state index contributed by atoms with van der Waals surface area (Å²) >= 11 is 0. The lowest BCUT2D eigenvalue weighted by Crippen LogP contribution is -2.50. The van der Waals surface area contributed by atoms with E-state index in [1.807, 2.05) is 7.05 Å². The highest BCUT2D eigenvalue weighted by Crippen LogP contribution is 2.25. The van der Waals surface area contributed by atoms with E-state index in [1.54, 1.807) is 7.11 Å². The molecule has 0 aromatic heterocycles. The number of guanidine groups is 1. The number of hydrogen-bond acceptors (Lipinski definition) is 4. The number of hydrogen-bond donors (Lipinski definition) is 2. The molecule has 1 aliphatic rings. The van der Waals surface area contributed by atoms with Crippen LogP contribution in [0.2, 0.25) is 0 Å². The van der Waals surface area contributed by atoms with E-state index in [9.17, 15) is 0 Å². The molecular weight excluding hydrogens is 376 g/mol. The molecule has 1 aliphatic heterocycles. The number of ether oxygens (including phenoxy) is 2. The number of piperidine rings is 1. The van der Waals surface area contributed by atoms with Gasteiger partial charge < -0.3 is 25.0 Å². The standard InChI is InChI=1S/C24H42N4O2/c1-19(2)17-30-22-9-7-20(8-10-22)24(3,4)18-26-23(25-5)27-21-11-13-28(14-12-21)15-16-29-6/h7-10,19,21H,11-18H2,1-6H3,(H2,25,26,27). The third-order valence-electron chi connectivity index (χ3n) is 5.68. The van der Waals surface area contributed by atoms with E-state index in [2.05, 4.69) is 72.5 Å². The minimum absolute atomic E-state index is 0.0162. The Labute approximate surface area is 183 Å². The van der Waals surface area contributed by atoms with Gasteiger partial charge >= 0.3 is 0 Å². The zero-order valence-electron chi connectivity index (χ0n) is 19.8. The first-order valence-corrected chi connectivity index (χ1v) is 11.3. The molecule has 0 saturated carbocycles. The average molecular weight is 419 g/mol. The van der Waals surface area contributed by atoms with Crippen molar-refractivity contribution in [3.8, 4) is 5.75 Å². The maximum atomic E-state index is 5.81. The van der Waals surface area contributed by atoms with Gasteiger partial charge in [-0.05, 0) is 36.5 Å². The second-order valence-corrected chi connectivity index (χ2v) is 9.29. The van der Waals surface area contributed by atoms with E-state index in [0.717, 1.165) is 63.9 Å². The first kappa shape index (κ1) is 24.5. The van der Waals surface area contributed by atoms with Gasteiger partial charge in [0.1, 0.15) is 5.75 Å². The maximum absolute atomic E-state index is 5.81. The molecule has 0 atom stereocenters. The molecule has 1 heterocycles. The van der Waals surface area contributed by atoms with Crippen molar-refractivity contribution in [1.29, 1.82) is 0 Å². The Kier molecular flexibility index (Phi) is 9.92. The molecule has 1 aromatic rings. The van der Waals surface area contributed by atoms with Crippen LogP contribution in [0.4, 0.5) is 0 Å². The van der Waals surface area contributed by atoms with Crippen LogP contribution in [0.15, 0.2) is 29.3 Å². The molecule has 0 bridgehead atoms. The Morgan fingerprint density at radius 2 is 1.87 bits per heavy atom. The van der Waals surface area contributed by atoms with Crippen molar-refractivity contribution in [1.82, 2.24) is 15.5 Å². The minimum atomic E-state index is -0.0162. The fourth-order valence-corrected chi connectivity index (χ4v) is 3.58. The van der Waals surface area contributed by atoms with Crippen LogP contribution in [0.3, 0.4) is 0 Å². The second-order valence-electron chi connectivity index (χ2n) is 9.29. The molecule has 2 N–H and O–H groups in total. The van der Waals surface area contributed by atoms with Gasteiger partial charge in [-0.15, -0.1) is 0 Å². The molecule has 0 amide bonds. The first-order valence-electron chi connectivity index (χ1n) is 11.3. The van der Waals surface area contributed by atoms with Gasteiger partial charge in [0.25, 0.3) is 0 Å². The number of nitrogens with zero attached hydrogens (tertiary/aromatic N) is 2. The molecule has 0 unspecified atom stereocenters. The summed E-state index contributed by atoms with van der Waals surface area (Å²) in [6.07, 6.45) is 2.26. The van der Waals surface area contributed by atoms with E-state index in [0.29, 0.717) is 12.0 Å². The summed E-state index contributed by atoms with van der Waals surface area (Å²) in [5, 5.41) is 7.13. The number of nitrogens with one attached hydrogen (secondary N) is 2. The normalized spacial score (nSPS) is 16.7. The van der Waals surface area contributed by atoms with Crippen LogP contribution < -0.4 is 15.4 Å². The maximum Gasteiger partial charge on any atom is 0.191 e. The summed E-state index contributed by atoms with van der Waals surface area (Å²) in [4.78, 5) is 6.91. The number of aliphatic imine (C=N–C) groups is 1. The molecule has 30 heavy (non-hydrogen) atoms. The lowest BCUT2D eigenvalue weighted by atomic mass is 9.84. The molecule has 2 rings (SSSR count). The van der Waals surface area contributed by atoms with E-state index in [1.165, 1.54) is 5.56 Å². The summed E-state index contributed by atoms with van der Waals surface area (Å²) in [5.41, 5.74) is 1.27. The average Bonchev–Trinajstić information content (AvgIpc) is 2.75. The smallest absolute Gasteiger partial charge is 0.191 e. The fraction of sp³-hybridized carbons (Fsp3) is 0.708. The van der Waals surface area contributed by atoms with Crippen LogP contribution in [0.25, 0.3) is 0 Å². The van der Waals surface area contributed by atoms with Crippen LogP contribution in [0.5, 0.6) is 5.75 Å². The summed E-state index contributed by atoms with van der Waals surface area (Å²) in [6, 6.07) is 8.95. The van der Waals surface area contributed by atoms with Crippen molar-refractivity contribution in [2.24, 2.45) is 10.9 Å². The topological polar surface area (TPSA) is 58.1 Å². The monoisotopic (exact) mass is 418 g/mol. The molecule has 6 heteroatoms. The highest BCUT2D eigenvalue weighted by atomic mass is 16.5.